The highest BCUT2D eigenvalue weighted by Gasteiger charge is 2.42. The molecule has 0 bridgehead atoms. The molecule has 0 unspecified atom stereocenters. The first-order chi connectivity index (χ1) is 18.6. The van der Waals surface area contributed by atoms with Crippen molar-refractivity contribution in [3.05, 3.63) is 53.3 Å². The first kappa shape index (κ1) is 26.0. The molecule has 8 nitrogen and oxygen atoms in total. The number of hydrogen-bond acceptors (Lipinski definition) is 6. The molecule has 206 valence electrons. The molecule has 3 N–H and O–H groups in total. The number of rotatable bonds is 7. The number of likely N-dealkylation sites (N-methyl/N-ethyl adjacent to an activating group) is 1. The molecule has 6 rings (SSSR count). The fraction of sp³-hybridized carbons (Fsp3) is 0.484. The minimum atomic E-state index is 0.281. The number of nitrogens with zero attached hydrogens (tertiary/aromatic N) is 5. The quantitative estimate of drug-likeness (QED) is 0.324. The molecular weight excluding hydrogens is 486 g/mol. The number of aromatic amines is 2. The molecule has 4 heterocycles. The van der Waals surface area contributed by atoms with E-state index in [9.17, 15) is 5.11 Å². The van der Waals surface area contributed by atoms with E-state index in [1.54, 1.807) is 6.07 Å². The van der Waals surface area contributed by atoms with Crippen molar-refractivity contribution in [2.45, 2.75) is 64.7 Å². The summed E-state index contributed by atoms with van der Waals surface area (Å²) in [6.45, 7) is 13.3. The largest absolute Gasteiger partial charge is 0.508 e. The first-order valence-electron chi connectivity index (χ1n) is 14.2. The van der Waals surface area contributed by atoms with Crippen LogP contribution in [0.3, 0.4) is 0 Å². The molecule has 0 amide bonds. The van der Waals surface area contributed by atoms with Crippen molar-refractivity contribution < 1.29 is 5.11 Å². The van der Waals surface area contributed by atoms with E-state index in [4.69, 9.17) is 10.1 Å². The van der Waals surface area contributed by atoms with Crippen LogP contribution in [0.5, 0.6) is 5.75 Å². The number of phenolic OH excluding ortho intramolecular Hbond substituents is 1. The average molecular weight is 528 g/mol. The molecule has 0 spiro atoms. The molecule has 1 fully saturated rings. The van der Waals surface area contributed by atoms with Gasteiger partial charge in [-0.3, -0.25) is 14.9 Å². The molecule has 2 aromatic carbocycles. The third-order valence-electron chi connectivity index (χ3n) is 9.01. The number of aryl methyl sites for hydroxylation is 1. The topological polar surface area (TPSA) is 87.3 Å². The minimum absolute atomic E-state index is 0.281. The smallest absolute Gasteiger partial charge is 0.159 e. The summed E-state index contributed by atoms with van der Waals surface area (Å²) in [5, 5.41) is 18.9. The summed E-state index contributed by atoms with van der Waals surface area (Å²) in [5.41, 5.74) is 7.88. The number of nitrogens with one attached hydrogen (secondary N) is 2. The standard InChI is InChI=1S/C31H41N7O/c1-7-20-12-23(39)9-11-24(20)21-8-10-25-26(13-21)34-35-29(25)30-32-27-14-22(38(19(2)3)16-28(27)33-30)15-37-17-31(4,18-37)36(5)6/h8-13,19,22,39H,7,14-18H2,1-6H3,(H,32,33)(H,34,35)/t22-/m0/s1. The summed E-state index contributed by atoms with van der Waals surface area (Å²) < 4.78 is 0. The van der Waals surface area contributed by atoms with Gasteiger partial charge in [-0.2, -0.15) is 5.10 Å². The van der Waals surface area contributed by atoms with Crippen molar-refractivity contribution in [2.24, 2.45) is 0 Å². The van der Waals surface area contributed by atoms with E-state index < -0.39 is 0 Å². The molecule has 8 heteroatoms. The van der Waals surface area contributed by atoms with E-state index in [1.165, 1.54) is 11.4 Å². The third-order valence-corrected chi connectivity index (χ3v) is 9.01. The Hall–Kier alpha value is -3.20. The summed E-state index contributed by atoms with van der Waals surface area (Å²) in [6, 6.07) is 12.9. The maximum absolute atomic E-state index is 9.91. The van der Waals surface area contributed by atoms with Crippen molar-refractivity contribution in [3.63, 3.8) is 0 Å². The maximum atomic E-state index is 9.91. The van der Waals surface area contributed by atoms with Crippen LogP contribution in [0.2, 0.25) is 0 Å². The van der Waals surface area contributed by atoms with Gasteiger partial charge in [0.05, 0.1) is 16.9 Å². The number of benzene rings is 2. The van der Waals surface area contributed by atoms with Crippen LogP contribution >= 0.6 is 0 Å². The lowest BCUT2D eigenvalue weighted by Crippen LogP contribution is -2.68. The van der Waals surface area contributed by atoms with Gasteiger partial charge in [0.15, 0.2) is 5.82 Å². The Bertz CT molecular complexity index is 1490. The average Bonchev–Trinajstić information content (AvgIpc) is 3.49. The number of H-pyrrole nitrogens is 2. The zero-order valence-corrected chi connectivity index (χ0v) is 24.0. The molecular formula is C31H41N7O. The second kappa shape index (κ2) is 9.77. The van der Waals surface area contributed by atoms with E-state index in [0.29, 0.717) is 17.8 Å². The van der Waals surface area contributed by atoms with Gasteiger partial charge >= 0.3 is 0 Å². The highest BCUT2D eigenvalue weighted by atomic mass is 16.3. The van der Waals surface area contributed by atoms with Crippen LogP contribution < -0.4 is 0 Å². The van der Waals surface area contributed by atoms with Gasteiger partial charge in [0.1, 0.15) is 11.4 Å². The SMILES string of the molecule is CCc1cc(O)ccc1-c1ccc2c(-c3nc4c([nH]3)CN(C(C)C)[C@H](CN3CC(C)(N(C)C)C3)C4)n[nH]c2c1. The van der Waals surface area contributed by atoms with Crippen LogP contribution in [-0.2, 0) is 19.4 Å². The highest BCUT2D eigenvalue weighted by molar-refractivity contribution is 5.94. The van der Waals surface area contributed by atoms with Crippen LogP contribution in [0.25, 0.3) is 33.5 Å². The Morgan fingerprint density at radius 1 is 1.15 bits per heavy atom. The predicted octanol–water partition coefficient (Wildman–Crippen LogP) is 4.66. The van der Waals surface area contributed by atoms with Gasteiger partial charge in [0.2, 0.25) is 0 Å². The second-order valence-corrected chi connectivity index (χ2v) is 12.2. The highest BCUT2D eigenvalue weighted by Crippen LogP contribution is 2.34. The minimum Gasteiger partial charge on any atom is -0.508 e. The van der Waals surface area contributed by atoms with Gasteiger partial charge in [0, 0.05) is 55.6 Å². The number of likely N-dealkylation sites (tertiary alicyclic amines) is 1. The second-order valence-electron chi connectivity index (χ2n) is 12.2. The lowest BCUT2D eigenvalue weighted by Gasteiger charge is -2.54. The van der Waals surface area contributed by atoms with Gasteiger partial charge < -0.3 is 15.0 Å². The van der Waals surface area contributed by atoms with Gasteiger partial charge in [-0.1, -0.05) is 19.1 Å². The number of aromatic nitrogens is 4. The fourth-order valence-corrected chi connectivity index (χ4v) is 6.43. The molecule has 0 saturated carbocycles. The molecule has 39 heavy (non-hydrogen) atoms. The Labute approximate surface area is 231 Å². The number of imidazole rings is 1. The number of phenols is 1. The lowest BCUT2D eigenvalue weighted by atomic mass is 9.89. The number of fused-ring (bicyclic) bond motifs is 2. The fourth-order valence-electron chi connectivity index (χ4n) is 6.43. The van der Waals surface area contributed by atoms with Crippen molar-refractivity contribution in [2.75, 3.05) is 33.7 Å². The monoisotopic (exact) mass is 527 g/mol. The van der Waals surface area contributed by atoms with E-state index in [1.807, 2.05) is 12.1 Å². The zero-order chi connectivity index (χ0) is 27.5. The summed E-state index contributed by atoms with van der Waals surface area (Å²) >= 11 is 0. The van der Waals surface area contributed by atoms with E-state index >= 15 is 0 Å². The molecule has 2 aliphatic rings. The summed E-state index contributed by atoms with van der Waals surface area (Å²) in [4.78, 5) is 16.3. The molecule has 1 saturated heterocycles. The maximum Gasteiger partial charge on any atom is 0.159 e. The Kier molecular flexibility index (Phi) is 6.52. The van der Waals surface area contributed by atoms with Crippen LogP contribution in [0.4, 0.5) is 0 Å². The third kappa shape index (κ3) is 4.64. The van der Waals surface area contributed by atoms with Crippen molar-refractivity contribution in [1.29, 1.82) is 0 Å². The normalized spacial score (nSPS) is 19.6. The molecule has 2 aliphatic heterocycles. The van der Waals surface area contributed by atoms with Crippen molar-refractivity contribution in [3.8, 4) is 28.4 Å². The van der Waals surface area contributed by atoms with Crippen molar-refractivity contribution in [1.82, 2.24) is 34.9 Å². The van der Waals surface area contributed by atoms with Gasteiger partial charge in [-0.15, -0.1) is 0 Å². The van der Waals surface area contributed by atoms with Crippen molar-refractivity contribution >= 4 is 10.9 Å². The first-order valence-corrected chi connectivity index (χ1v) is 14.2. The number of aromatic hydroxyl groups is 1. The van der Waals surface area contributed by atoms with Crippen LogP contribution in [0.1, 0.15) is 44.6 Å². The Morgan fingerprint density at radius 3 is 2.67 bits per heavy atom. The van der Waals surface area contributed by atoms with Crippen LogP contribution in [0, 0.1) is 0 Å². The lowest BCUT2D eigenvalue weighted by molar-refractivity contribution is -0.0360. The molecule has 0 radical (unpaired) electrons. The molecule has 1 atom stereocenters. The Balaban J connectivity index is 1.25. The molecule has 0 aliphatic carbocycles. The van der Waals surface area contributed by atoms with E-state index in [0.717, 1.165) is 78.1 Å². The van der Waals surface area contributed by atoms with Gasteiger partial charge in [0.25, 0.3) is 0 Å². The number of hydrogen-bond donors (Lipinski definition) is 3. The zero-order valence-electron chi connectivity index (χ0n) is 24.0. The summed E-state index contributed by atoms with van der Waals surface area (Å²) in [5.74, 6) is 1.14. The van der Waals surface area contributed by atoms with Crippen LogP contribution in [-0.4, -0.2) is 91.3 Å². The predicted molar refractivity (Wildman–Crippen MR) is 157 cm³/mol. The summed E-state index contributed by atoms with van der Waals surface area (Å²) in [7, 11) is 4.37. The van der Waals surface area contributed by atoms with Gasteiger partial charge in [-0.05, 0) is 82.2 Å². The van der Waals surface area contributed by atoms with E-state index in [2.05, 4.69) is 84.8 Å². The molecule has 2 aromatic heterocycles. The van der Waals surface area contributed by atoms with E-state index in [-0.39, 0.29) is 5.54 Å². The Morgan fingerprint density at radius 2 is 1.95 bits per heavy atom. The van der Waals surface area contributed by atoms with Gasteiger partial charge in [-0.25, -0.2) is 4.98 Å². The molecule has 4 aromatic rings. The van der Waals surface area contributed by atoms with Crippen LogP contribution in [0.15, 0.2) is 36.4 Å². The summed E-state index contributed by atoms with van der Waals surface area (Å²) in [6.07, 6.45) is 1.81.